The zero-order valence-electron chi connectivity index (χ0n) is 19.7. The summed E-state index contributed by atoms with van der Waals surface area (Å²) in [5.74, 6) is -0.743. The molecule has 2 amide bonds. The van der Waals surface area contributed by atoms with E-state index in [9.17, 15) is 18.0 Å². The Morgan fingerprint density at radius 1 is 1.03 bits per heavy atom. The zero-order chi connectivity index (χ0) is 24.8. The van der Waals surface area contributed by atoms with Crippen molar-refractivity contribution < 1.29 is 18.0 Å². The van der Waals surface area contributed by atoms with Crippen LogP contribution in [0.4, 0.5) is 5.69 Å². The summed E-state index contributed by atoms with van der Waals surface area (Å²) >= 11 is 5.94. The second-order valence-corrected chi connectivity index (χ2v) is 10.7. The largest absolute Gasteiger partial charge is 0.352 e. The Hall–Kier alpha value is -2.58. The number of hydrogen-bond acceptors (Lipinski definition) is 4. The zero-order valence-corrected chi connectivity index (χ0v) is 21.3. The van der Waals surface area contributed by atoms with E-state index in [1.165, 1.54) is 4.90 Å². The molecule has 0 saturated carbocycles. The van der Waals surface area contributed by atoms with Crippen molar-refractivity contribution in [2.24, 2.45) is 0 Å². The van der Waals surface area contributed by atoms with E-state index in [-0.39, 0.29) is 18.5 Å². The van der Waals surface area contributed by atoms with E-state index in [1.54, 1.807) is 24.3 Å². The van der Waals surface area contributed by atoms with Crippen LogP contribution in [-0.4, -0.2) is 50.0 Å². The summed E-state index contributed by atoms with van der Waals surface area (Å²) in [6.07, 6.45) is 1.43. The van der Waals surface area contributed by atoms with Crippen LogP contribution in [0.2, 0.25) is 5.02 Å². The van der Waals surface area contributed by atoms with E-state index in [0.717, 1.165) is 21.7 Å². The van der Waals surface area contributed by atoms with Gasteiger partial charge in [-0.3, -0.25) is 13.9 Å². The summed E-state index contributed by atoms with van der Waals surface area (Å²) < 4.78 is 26.1. The molecule has 0 aromatic heterocycles. The molecule has 1 N–H and O–H groups in total. The number of amides is 2. The summed E-state index contributed by atoms with van der Waals surface area (Å²) in [5, 5.41) is 3.32. The standard InChI is InChI=1S/C24H32ClN3O4S/c1-6-22(24(30)26-17(2)3)27(15-19-9-7-18(4)8-10-19)23(29)16-28(33(5,31)32)21-13-11-20(25)12-14-21/h7-14,17,22H,6,15-16H2,1-5H3,(H,26,30)/t22-/m1/s1. The molecule has 9 heteroatoms. The highest BCUT2D eigenvalue weighted by Gasteiger charge is 2.31. The number of nitrogens with one attached hydrogen (secondary N) is 1. The second-order valence-electron chi connectivity index (χ2n) is 8.34. The van der Waals surface area contributed by atoms with E-state index in [0.29, 0.717) is 17.1 Å². The molecule has 0 aliphatic carbocycles. The smallest absolute Gasteiger partial charge is 0.244 e. The monoisotopic (exact) mass is 493 g/mol. The van der Waals surface area contributed by atoms with Gasteiger partial charge in [0.1, 0.15) is 12.6 Å². The fourth-order valence-corrected chi connectivity index (χ4v) is 4.39. The lowest BCUT2D eigenvalue weighted by Gasteiger charge is -2.33. The Labute approximate surface area is 201 Å². The molecule has 0 bridgehead atoms. The first-order chi connectivity index (χ1) is 15.4. The van der Waals surface area contributed by atoms with Crippen molar-refractivity contribution in [1.29, 1.82) is 0 Å². The van der Waals surface area contributed by atoms with E-state index >= 15 is 0 Å². The first-order valence-electron chi connectivity index (χ1n) is 10.8. The Kier molecular flexibility index (Phi) is 9.31. The molecule has 0 radical (unpaired) electrons. The van der Waals surface area contributed by atoms with Gasteiger partial charge in [0.25, 0.3) is 0 Å². The van der Waals surface area contributed by atoms with Crippen molar-refractivity contribution in [2.75, 3.05) is 17.1 Å². The average Bonchev–Trinajstić information content (AvgIpc) is 2.72. The normalized spacial score (nSPS) is 12.3. The third kappa shape index (κ3) is 7.75. The Balaban J connectivity index is 2.42. The minimum absolute atomic E-state index is 0.0931. The number of rotatable bonds is 10. The van der Waals surface area contributed by atoms with Crippen LogP contribution in [0.5, 0.6) is 0 Å². The molecule has 2 rings (SSSR count). The molecule has 7 nitrogen and oxygen atoms in total. The predicted molar refractivity (Wildman–Crippen MR) is 133 cm³/mol. The van der Waals surface area contributed by atoms with Crippen LogP contribution in [0.1, 0.15) is 38.3 Å². The fraction of sp³-hybridized carbons (Fsp3) is 0.417. The van der Waals surface area contributed by atoms with E-state index in [4.69, 9.17) is 11.6 Å². The molecule has 1 atom stereocenters. The number of aryl methyl sites for hydroxylation is 1. The van der Waals surface area contributed by atoms with Crippen molar-refractivity contribution in [3.05, 3.63) is 64.7 Å². The van der Waals surface area contributed by atoms with Crippen molar-refractivity contribution in [1.82, 2.24) is 10.2 Å². The van der Waals surface area contributed by atoms with E-state index in [1.807, 2.05) is 52.0 Å². The molecule has 2 aromatic rings. The molecule has 2 aromatic carbocycles. The van der Waals surface area contributed by atoms with E-state index in [2.05, 4.69) is 5.32 Å². The Morgan fingerprint density at radius 2 is 1.61 bits per heavy atom. The Bertz CT molecular complexity index is 1050. The lowest BCUT2D eigenvalue weighted by Crippen LogP contribution is -2.53. The van der Waals surface area contributed by atoms with Gasteiger partial charge in [0.05, 0.1) is 11.9 Å². The minimum atomic E-state index is -3.77. The molecular formula is C24H32ClN3O4S. The molecule has 0 saturated heterocycles. The summed E-state index contributed by atoms with van der Waals surface area (Å²) in [4.78, 5) is 27.9. The van der Waals surface area contributed by atoms with Gasteiger partial charge < -0.3 is 10.2 Å². The van der Waals surface area contributed by atoms with Crippen LogP contribution in [0.3, 0.4) is 0 Å². The van der Waals surface area contributed by atoms with Crippen molar-refractivity contribution in [3.63, 3.8) is 0 Å². The third-order valence-corrected chi connectivity index (χ3v) is 6.48. The van der Waals surface area contributed by atoms with Gasteiger partial charge in [0, 0.05) is 17.6 Å². The number of carbonyl (C=O) groups excluding carboxylic acids is 2. The quantitative estimate of drug-likeness (QED) is 0.546. The maximum Gasteiger partial charge on any atom is 0.244 e. The minimum Gasteiger partial charge on any atom is -0.352 e. The van der Waals surface area contributed by atoms with Crippen LogP contribution in [0.25, 0.3) is 0 Å². The van der Waals surface area contributed by atoms with Crippen LogP contribution in [-0.2, 0) is 26.2 Å². The van der Waals surface area contributed by atoms with Gasteiger partial charge in [-0.1, -0.05) is 48.4 Å². The molecule has 0 aliphatic heterocycles. The highest BCUT2D eigenvalue weighted by Crippen LogP contribution is 2.22. The number of anilines is 1. The molecule has 0 aliphatic rings. The van der Waals surface area contributed by atoms with Gasteiger partial charge in [-0.2, -0.15) is 0 Å². The van der Waals surface area contributed by atoms with Crippen LogP contribution in [0.15, 0.2) is 48.5 Å². The second kappa shape index (κ2) is 11.5. The van der Waals surface area contributed by atoms with Gasteiger partial charge in [0.15, 0.2) is 0 Å². The number of benzene rings is 2. The van der Waals surface area contributed by atoms with Crippen LogP contribution < -0.4 is 9.62 Å². The number of hydrogen-bond donors (Lipinski definition) is 1. The highest BCUT2D eigenvalue weighted by atomic mass is 35.5. The number of carbonyl (C=O) groups is 2. The van der Waals surface area contributed by atoms with Gasteiger partial charge in [0.2, 0.25) is 21.8 Å². The van der Waals surface area contributed by atoms with Gasteiger partial charge in [-0.15, -0.1) is 0 Å². The number of halogens is 1. The van der Waals surface area contributed by atoms with Gasteiger partial charge in [-0.05, 0) is 57.0 Å². The number of sulfonamides is 1. The highest BCUT2D eigenvalue weighted by molar-refractivity contribution is 7.92. The van der Waals surface area contributed by atoms with Gasteiger partial charge >= 0.3 is 0 Å². The molecular weight excluding hydrogens is 462 g/mol. The maximum absolute atomic E-state index is 13.5. The summed E-state index contributed by atoms with van der Waals surface area (Å²) in [6.45, 7) is 7.24. The lowest BCUT2D eigenvalue weighted by molar-refractivity contribution is -0.140. The number of nitrogens with zero attached hydrogens (tertiary/aromatic N) is 2. The topological polar surface area (TPSA) is 86.8 Å². The molecule has 0 unspecified atom stereocenters. The summed E-state index contributed by atoms with van der Waals surface area (Å²) in [7, 11) is -3.77. The SMILES string of the molecule is CC[C@H](C(=O)NC(C)C)N(Cc1ccc(C)cc1)C(=O)CN(c1ccc(Cl)cc1)S(C)(=O)=O. The molecule has 33 heavy (non-hydrogen) atoms. The van der Waals surface area contributed by atoms with Crippen molar-refractivity contribution in [3.8, 4) is 0 Å². The fourth-order valence-electron chi connectivity index (χ4n) is 3.41. The molecule has 0 heterocycles. The Morgan fingerprint density at radius 3 is 2.09 bits per heavy atom. The van der Waals surface area contributed by atoms with Crippen LogP contribution >= 0.6 is 11.6 Å². The average molecular weight is 494 g/mol. The van der Waals surface area contributed by atoms with Gasteiger partial charge in [-0.25, -0.2) is 8.42 Å². The van der Waals surface area contributed by atoms with Crippen molar-refractivity contribution in [2.45, 2.75) is 52.7 Å². The molecule has 0 spiro atoms. The first kappa shape index (κ1) is 26.7. The molecule has 180 valence electrons. The van der Waals surface area contributed by atoms with E-state index < -0.39 is 28.5 Å². The predicted octanol–water partition coefficient (Wildman–Crippen LogP) is 3.75. The summed E-state index contributed by atoms with van der Waals surface area (Å²) in [5.41, 5.74) is 2.25. The third-order valence-electron chi connectivity index (χ3n) is 5.08. The van der Waals surface area contributed by atoms with Crippen LogP contribution in [0, 0.1) is 6.92 Å². The lowest BCUT2D eigenvalue weighted by atomic mass is 10.1. The first-order valence-corrected chi connectivity index (χ1v) is 13.0. The van der Waals surface area contributed by atoms with Crippen molar-refractivity contribution >= 4 is 39.1 Å². The maximum atomic E-state index is 13.5. The molecule has 0 fully saturated rings. The summed E-state index contributed by atoms with van der Waals surface area (Å²) in [6, 6.07) is 13.0.